The number of ether oxygens (including phenoxy) is 1. The number of oxazole rings is 1. The van der Waals surface area contributed by atoms with Crippen molar-refractivity contribution in [3.63, 3.8) is 0 Å². The minimum Gasteiger partial charge on any atom is -0.497 e. The highest BCUT2D eigenvalue weighted by Gasteiger charge is 2.15. The first-order valence-corrected chi connectivity index (χ1v) is 10.4. The van der Waals surface area contributed by atoms with Crippen molar-refractivity contribution < 1.29 is 18.7 Å². The van der Waals surface area contributed by atoms with Gasteiger partial charge in [-0.25, -0.2) is 4.98 Å². The molecule has 0 radical (unpaired) electrons. The van der Waals surface area contributed by atoms with Gasteiger partial charge in [0, 0.05) is 5.69 Å². The van der Waals surface area contributed by atoms with E-state index in [9.17, 15) is 9.59 Å². The SMILES string of the molecule is COc1ccc(NC(=O)c2ccccc2NC(=O)CSc2nc3ccccc3o2)cc1. The molecule has 0 aliphatic carbocycles. The Bertz CT molecular complexity index is 1190. The summed E-state index contributed by atoms with van der Waals surface area (Å²) in [4.78, 5) is 29.5. The number of fused-ring (bicyclic) bond motifs is 1. The molecule has 0 unspecified atom stereocenters. The van der Waals surface area contributed by atoms with E-state index in [1.165, 1.54) is 11.8 Å². The molecule has 1 aromatic heterocycles. The lowest BCUT2D eigenvalue weighted by molar-refractivity contribution is -0.113. The largest absolute Gasteiger partial charge is 0.497 e. The molecule has 0 saturated carbocycles. The van der Waals surface area contributed by atoms with Crippen molar-refractivity contribution in [3.8, 4) is 5.75 Å². The van der Waals surface area contributed by atoms with Crippen molar-refractivity contribution in [2.24, 2.45) is 0 Å². The third-order valence-corrected chi connectivity index (χ3v) is 5.22. The van der Waals surface area contributed by atoms with Crippen LogP contribution in [-0.4, -0.2) is 29.7 Å². The van der Waals surface area contributed by atoms with Crippen LogP contribution >= 0.6 is 11.8 Å². The molecule has 2 amide bonds. The second kappa shape index (κ2) is 9.36. The topological polar surface area (TPSA) is 93.5 Å². The van der Waals surface area contributed by atoms with E-state index in [4.69, 9.17) is 9.15 Å². The fourth-order valence-corrected chi connectivity index (χ4v) is 3.53. The number of carbonyl (C=O) groups excluding carboxylic acids is 2. The Balaban J connectivity index is 1.39. The lowest BCUT2D eigenvalue weighted by Gasteiger charge is -2.11. The molecule has 31 heavy (non-hydrogen) atoms. The Morgan fingerprint density at radius 2 is 1.71 bits per heavy atom. The van der Waals surface area contributed by atoms with Crippen molar-refractivity contribution in [3.05, 3.63) is 78.4 Å². The van der Waals surface area contributed by atoms with Gasteiger partial charge in [-0.15, -0.1) is 0 Å². The molecule has 4 rings (SSSR count). The van der Waals surface area contributed by atoms with E-state index in [1.54, 1.807) is 55.6 Å². The molecule has 1 heterocycles. The van der Waals surface area contributed by atoms with E-state index in [2.05, 4.69) is 15.6 Å². The second-order valence-electron chi connectivity index (χ2n) is 6.51. The number of methoxy groups -OCH3 is 1. The highest BCUT2D eigenvalue weighted by atomic mass is 32.2. The predicted molar refractivity (Wildman–Crippen MR) is 121 cm³/mol. The van der Waals surface area contributed by atoms with Crippen molar-refractivity contribution in [1.82, 2.24) is 4.98 Å². The zero-order valence-corrected chi connectivity index (χ0v) is 17.4. The molecule has 156 valence electrons. The molecule has 0 spiro atoms. The van der Waals surface area contributed by atoms with Gasteiger partial charge in [-0.3, -0.25) is 9.59 Å². The van der Waals surface area contributed by atoms with Crippen molar-refractivity contribution in [2.45, 2.75) is 5.22 Å². The van der Waals surface area contributed by atoms with Gasteiger partial charge >= 0.3 is 0 Å². The Kier molecular flexibility index (Phi) is 6.18. The van der Waals surface area contributed by atoms with Crippen LogP contribution in [0, 0.1) is 0 Å². The van der Waals surface area contributed by atoms with Crippen LogP contribution in [-0.2, 0) is 4.79 Å². The number of hydrogen-bond acceptors (Lipinski definition) is 6. The molecular formula is C23H19N3O4S. The molecule has 4 aromatic rings. The highest BCUT2D eigenvalue weighted by molar-refractivity contribution is 7.99. The number of amides is 2. The first-order valence-electron chi connectivity index (χ1n) is 9.45. The maximum atomic E-state index is 12.7. The molecular weight excluding hydrogens is 414 g/mol. The number of nitrogens with zero attached hydrogens (tertiary/aromatic N) is 1. The van der Waals surface area contributed by atoms with E-state index in [1.807, 2.05) is 24.3 Å². The smallest absolute Gasteiger partial charge is 0.257 e. The normalized spacial score (nSPS) is 10.6. The van der Waals surface area contributed by atoms with E-state index in [0.717, 1.165) is 5.52 Å². The van der Waals surface area contributed by atoms with Crippen molar-refractivity contribution in [2.75, 3.05) is 23.5 Å². The molecule has 7 nitrogen and oxygen atoms in total. The number of anilines is 2. The lowest BCUT2D eigenvalue weighted by atomic mass is 10.1. The van der Waals surface area contributed by atoms with Crippen LogP contribution in [0.1, 0.15) is 10.4 Å². The monoisotopic (exact) mass is 433 g/mol. The van der Waals surface area contributed by atoms with Crippen LogP contribution < -0.4 is 15.4 Å². The zero-order valence-electron chi connectivity index (χ0n) is 16.6. The van der Waals surface area contributed by atoms with E-state index in [0.29, 0.717) is 33.5 Å². The number of thioether (sulfide) groups is 1. The molecule has 0 bridgehead atoms. The number of nitrogens with one attached hydrogen (secondary N) is 2. The number of aromatic nitrogens is 1. The third kappa shape index (κ3) is 5.04. The van der Waals surface area contributed by atoms with Gasteiger partial charge in [-0.05, 0) is 48.5 Å². The summed E-state index contributed by atoms with van der Waals surface area (Å²) in [6.45, 7) is 0. The Morgan fingerprint density at radius 3 is 2.48 bits per heavy atom. The molecule has 0 aliphatic rings. The van der Waals surface area contributed by atoms with Crippen LogP contribution in [0.5, 0.6) is 5.75 Å². The molecule has 0 aliphatic heterocycles. The Labute approximate surface area is 182 Å². The number of rotatable bonds is 7. The summed E-state index contributed by atoms with van der Waals surface area (Å²) < 4.78 is 10.7. The van der Waals surface area contributed by atoms with Gasteiger partial charge in [0.1, 0.15) is 11.3 Å². The fourth-order valence-electron chi connectivity index (χ4n) is 2.89. The lowest BCUT2D eigenvalue weighted by Crippen LogP contribution is -2.19. The number of hydrogen-bond donors (Lipinski definition) is 2. The zero-order chi connectivity index (χ0) is 21.6. The van der Waals surface area contributed by atoms with Crippen LogP contribution in [0.2, 0.25) is 0 Å². The summed E-state index contributed by atoms with van der Waals surface area (Å²) >= 11 is 1.19. The van der Waals surface area contributed by atoms with Gasteiger partial charge in [0.2, 0.25) is 5.91 Å². The van der Waals surface area contributed by atoms with E-state index < -0.39 is 0 Å². The van der Waals surface area contributed by atoms with Gasteiger partial charge < -0.3 is 19.8 Å². The number of para-hydroxylation sites is 3. The van der Waals surface area contributed by atoms with Gasteiger partial charge in [-0.2, -0.15) is 0 Å². The Morgan fingerprint density at radius 1 is 0.968 bits per heavy atom. The summed E-state index contributed by atoms with van der Waals surface area (Å²) in [6.07, 6.45) is 0. The summed E-state index contributed by atoms with van der Waals surface area (Å²) in [5, 5.41) is 6.03. The van der Waals surface area contributed by atoms with Crippen LogP contribution in [0.25, 0.3) is 11.1 Å². The average molecular weight is 433 g/mol. The minimum atomic E-state index is -0.326. The molecule has 8 heteroatoms. The van der Waals surface area contributed by atoms with Gasteiger partial charge in [0.05, 0.1) is 24.1 Å². The summed E-state index contributed by atoms with van der Waals surface area (Å²) in [6, 6.07) is 21.3. The highest BCUT2D eigenvalue weighted by Crippen LogP contribution is 2.24. The molecule has 0 fully saturated rings. The standard InChI is InChI=1S/C23H19N3O4S/c1-29-16-12-10-15(11-13-16)24-22(28)17-6-2-3-7-18(17)25-21(27)14-31-23-26-19-8-4-5-9-20(19)30-23/h2-13H,14H2,1H3,(H,24,28)(H,25,27). The summed E-state index contributed by atoms with van der Waals surface area (Å²) in [5.41, 5.74) is 2.82. The van der Waals surface area contributed by atoms with Crippen LogP contribution in [0.4, 0.5) is 11.4 Å². The van der Waals surface area contributed by atoms with Crippen LogP contribution in [0.3, 0.4) is 0 Å². The van der Waals surface area contributed by atoms with Gasteiger partial charge in [0.15, 0.2) is 5.58 Å². The average Bonchev–Trinajstić information content (AvgIpc) is 3.22. The van der Waals surface area contributed by atoms with Crippen LogP contribution in [0.15, 0.2) is 82.4 Å². The van der Waals surface area contributed by atoms with E-state index in [-0.39, 0.29) is 17.6 Å². The first-order chi connectivity index (χ1) is 15.1. The molecule has 3 aromatic carbocycles. The quantitative estimate of drug-likeness (QED) is 0.406. The molecule has 0 atom stereocenters. The van der Waals surface area contributed by atoms with Gasteiger partial charge in [0.25, 0.3) is 11.1 Å². The van der Waals surface area contributed by atoms with Crippen molar-refractivity contribution >= 4 is 46.1 Å². The first kappa shape index (κ1) is 20.5. The summed E-state index contributed by atoms with van der Waals surface area (Å²) in [7, 11) is 1.58. The maximum absolute atomic E-state index is 12.7. The van der Waals surface area contributed by atoms with Crippen molar-refractivity contribution in [1.29, 1.82) is 0 Å². The number of benzene rings is 3. The third-order valence-electron chi connectivity index (χ3n) is 4.39. The summed E-state index contributed by atoms with van der Waals surface area (Å²) in [5.74, 6) is 0.202. The Hall–Kier alpha value is -3.78. The second-order valence-corrected chi connectivity index (χ2v) is 7.44. The fraction of sp³-hybridized carbons (Fsp3) is 0.0870. The van der Waals surface area contributed by atoms with E-state index >= 15 is 0 Å². The number of carbonyl (C=O) groups is 2. The maximum Gasteiger partial charge on any atom is 0.257 e. The molecule has 0 saturated heterocycles. The predicted octanol–water partition coefficient (Wildman–Crippen LogP) is 4.82. The van der Waals surface area contributed by atoms with Gasteiger partial charge in [-0.1, -0.05) is 36.0 Å². The minimum absolute atomic E-state index is 0.0985. The molecule has 2 N–H and O–H groups in total.